The topological polar surface area (TPSA) is 62.8 Å². The molecule has 1 amide bonds. The van der Waals surface area contributed by atoms with Crippen LogP contribution in [0.3, 0.4) is 0 Å². The lowest BCUT2D eigenvalue weighted by molar-refractivity contribution is -0.692. The van der Waals surface area contributed by atoms with E-state index in [1.807, 2.05) is 5.32 Å². The van der Waals surface area contributed by atoms with Gasteiger partial charge in [0.25, 0.3) is 5.91 Å². The number of rotatable bonds is 7. The van der Waals surface area contributed by atoms with Crippen molar-refractivity contribution in [2.45, 2.75) is 26.8 Å². The molecule has 0 spiro atoms. The zero-order valence-electron chi connectivity index (χ0n) is 14.8. The van der Waals surface area contributed by atoms with Gasteiger partial charge in [-0.1, -0.05) is 38.1 Å². The highest BCUT2D eigenvalue weighted by atomic mass is 19.1. The highest BCUT2D eigenvalue weighted by molar-refractivity contribution is 6.03. The average Bonchev–Trinajstić information content (AvgIpc) is 2.56. The molecule has 2 aromatic rings. The second-order valence-electron chi connectivity index (χ2n) is 6.41. The number of halogens is 1. The van der Waals surface area contributed by atoms with E-state index >= 15 is 0 Å². The Kier molecular flexibility index (Phi) is 6.42. The number of hydrogen-bond acceptors (Lipinski definition) is 2. The maximum absolute atomic E-state index is 13.1. The molecule has 0 bridgehead atoms. The third-order valence-corrected chi connectivity index (χ3v) is 4.11. The number of benzene rings is 2. The van der Waals surface area contributed by atoms with Crippen LogP contribution >= 0.6 is 0 Å². The van der Waals surface area contributed by atoms with Gasteiger partial charge in [-0.25, -0.2) is 4.39 Å². The summed E-state index contributed by atoms with van der Waals surface area (Å²) in [6.07, 6.45) is 0. The quantitative estimate of drug-likeness (QED) is 0.759. The van der Waals surface area contributed by atoms with Crippen molar-refractivity contribution in [2.75, 3.05) is 11.9 Å². The Morgan fingerprint density at radius 1 is 1.08 bits per heavy atom. The molecule has 0 aliphatic carbocycles. The molecule has 3 N–H and O–H groups in total. The summed E-state index contributed by atoms with van der Waals surface area (Å²) in [5.74, 6) is -0.264. The van der Waals surface area contributed by atoms with Crippen molar-refractivity contribution < 1.29 is 19.3 Å². The Hall–Kier alpha value is -2.53. The largest absolute Gasteiger partial charge is 0.332 e. The van der Waals surface area contributed by atoms with Crippen LogP contribution in [0.15, 0.2) is 48.5 Å². The molecule has 0 aliphatic rings. The minimum Gasteiger partial charge on any atom is -0.332 e. The van der Waals surface area contributed by atoms with E-state index in [2.05, 4.69) is 19.2 Å². The van der Waals surface area contributed by atoms with Gasteiger partial charge in [-0.2, -0.15) is 0 Å². The summed E-state index contributed by atoms with van der Waals surface area (Å²) >= 11 is 0. The summed E-state index contributed by atoms with van der Waals surface area (Å²) in [5, 5.41) is 4.73. The lowest BCUT2D eigenvalue weighted by Crippen LogP contribution is -2.88. The van der Waals surface area contributed by atoms with Gasteiger partial charge in [0, 0.05) is 17.0 Å². The van der Waals surface area contributed by atoms with Crippen LogP contribution in [0.25, 0.3) is 0 Å². The van der Waals surface area contributed by atoms with Crippen molar-refractivity contribution in [1.82, 2.24) is 0 Å². The molecule has 0 aliphatic heterocycles. The monoisotopic (exact) mass is 343 g/mol. The molecule has 0 radical (unpaired) electrons. The third-order valence-electron chi connectivity index (χ3n) is 4.11. The molecule has 0 saturated carbocycles. The molecule has 132 valence electrons. The Morgan fingerprint density at radius 2 is 1.72 bits per heavy atom. The van der Waals surface area contributed by atoms with Crippen molar-refractivity contribution in [3.63, 3.8) is 0 Å². The molecule has 4 nitrogen and oxygen atoms in total. The number of anilines is 1. The summed E-state index contributed by atoms with van der Waals surface area (Å²) in [4.78, 5) is 23.9. The van der Waals surface area contributed by atoms with E-state index in [4.69, 9.17) is 0 Å². The maximum Gasteiger partial charge on any atom is 0.279 e. The van der Waals surface area contributed by atoms with Crippen LogP contribution in [0, 0.1) is 11.7 Å². The zero-order valence-corrected chi connectivity index (χ0v) is 14.8. The Morgan fingerprint density at radius 3 is 2.32 bits per heavy atom. The van der Waals surface area contributed by atoms with Crippen LogP contribution in [0.2, 0.25) is 0 Å². The first-order valence-electron chi connectivity index (χ1n) is 8.37. The first-order valence-corrected chi connectivity index (χ1v) is 8.37. The third kappa shape index (κ3) is 5.22. The Balaban J connectivity index is 2.02. The highest BCUT2D eigenvalue weighted by Crippen LogP contribution is 2.18. The van der Waals surface area contributed by atoms with Gasteiger partial charge in [0.05, 0.1) is 5.69 Å². The Bertz CT molecular complexity index is 742. The second-order valence-corrected chi connectivity index (χ2v) is 6.41. The minimum absolute atomic E-state index is 0.0504. The summed E-state index contributed by atoms with van der Waals surface area (Å²) in [7, 11) is 0. The molecule has 1 atom stereocenters. The van der Waals surface area contributed by atoms with Gasteiger partial charge in [-0.05, 0) is 31.2 Å². The number of Topliss-reactive ketones (excluding diaryl/α,β-unsaturated/α-hetero) is 1. The fourth-order valence-electron chi connectivity index (χ4n) is 2.81. The zero-order chi connectivity index (χ0) is 18.4. The SMILES string of the molecule is CC(=O)c1ccccc1NC(=O)C[NH2+][C@H](c1ccc(F)cc1)C(C)C. The molecule has 0 fully saturated rings. The van der Waals surface area contributed by atoms with E-state index in [-0.39, 0.29) is 36.0 Å². The van der Waals surface area contributed by atoms with Gasteiger partial charge in [-0.15, -0.1) is 0 Å². The lowest BCUT2D eigenvalue weighted by atomic mass is 9.96. The number of para-hydroxylation sites is 1. The molecule has 5 heteroatoms. The standard InChI is InChI=1S/C20H23FN2O2/c1-13(2)20(15-8-10-16(21)11-9-15)22-12-19(25)23-18-7-5-4-6-17(18)14(3)24/h4-11,13,20,22H,12H2,1-3H3,(H,23,25)/p+1/t20-/m0/s1. The second kappa shape index (κ2) is 8.53. The van der Waals surface area contributed by atoms with Gasteiger partial charge < -0.3 is 10.6 Å². The molecule has 0 aromatic heterocycles. The van der Waals surface area contributed by atoms with Gasteiger partial charge >= 0.3 is 0 Å². The highest BCUT2D eigenvalue weighted by Gasteiger charge is 2.21. The first kappa shape index (κ1) is 18.8. The molecule has 0 unspecified atom stereocenters. The number of hydrogen-bond donors (Lipinski definition) is 2. The summed E-state index contributed by atoms with van der Waals surface area (Å²) in [5.41, 5.74) is 2.00. The predicted molar refractivity (Wildman–Crippen MR) is 95.8 cm³/mol. The van der Waals surface area contributed by atoms with Crippen LogP contribution in [0.1, 0.15) is 42.7 Å². The van der Waals surface area contributed by atoms with Crippen LogP contribution < -0.4 is 10.6 Å². The number of quaternary nitrogens is 1. The number of amides is 1. The first-order chi connectivity index (χ1) is 11.9. The van der Waals surface area contributed by atoms with E-state index in [1.165, 1.54) is 19.1 Å². The van der Waals surface area contributed by atoms with Crippen molar-refractivity contribution in [3.8, 4) is 0 Å². The molecule has 2 aromatic carbocycles. The van der Waals surface area contributed by atoms with Gasteiger partial charge in [0.1, 0.15) is 11.9 Å². The van der Waals surface area contributed by atoms with Gasteiger partial charge in [0.2, 0.25) is 0 Å². The van der Waals surface area contributed by atoms with E-state index in [9.17, 15) is 14.0 Å². The van der Waals surface area contributed by atoms with Crippen LogP contribution in [-0.2, 0) is 4.79 Å². The van der Waals surface area contributed by atoms with Gasteiger partial charge in [-0.3, -0.25) is 9.59 Å². The normalized spacial score (nSPS) is 12.0. The molecular weight excluding hydrogens is 319 g/mol. The molecule has 0 heterocycles. The minimum atomic E-state index is -0.273. The molecule has 0 saturated heterocycles. The molecule has 2 rings (SSSR count). The van der Waals surface area contributed by atoms with Crippen molar-refractivity contribution >= 4 is 17.4 Å². The fourth-order valence-corrected chi connectivity index (χ4v) is 2.81. The van der Waals surface area contributed by atoms with Crippen molar-refractivity contribution in [3.05, 3.63) is 65.5 Å². The smallest absolute Gasteiger partial charge is 0.279 e. The van der Waals surface area contributed by atoms with Gasteiger partial charge in [0.15, 0.2) is 12.3 Å². The van der Waals surface area contributed by atoms with Crippen molar-refractivity contribution in [2.24, 2.45) is 5.92 Å². The Labute approximate surface area is 147 Å². The fraction of sp³-hybridized carbons (Fsp3) is 0.300. The predicted octanol–water partition coefficient (Wildman–Crippen LogP) is 2.93. The summed E-state index contributed by atoms with van der Waals surface area (Å²) in [6, 6.07) is 13.4. The maximum atomic E-state index is 13.1. The van der Waals surface area contributed by atoms with Crippen LogP contribution in [0.4, 0.5) is 10.1 Å². The average molecular weight is 343 g/mol. The van der Waals surface area contributed by atoms with E-state index in [1.54, 1.807) is 36.4 Å². The summed E-state index contributed by atoms with van der Waals surface area (Å²) < 4.78 is 13.1. The summed E-state index contributed by atoms with van der Waals surface area (Å²) in [6.45, 7) is 5.81. The number of carbonyl (C=O) groups excluding carboxylic acids is 2. The van der Waals surface area contributed by atoms with E-state index in [0.717, 1.165) is 5.56 Å². The number of nitrogens with two attached hydrogens (primary N) is 1. The van der Waals surface area contributed by atoms with Crippen LogP contribution in [0.5, 0.6) is 0 Å². The number of nitrogens with one attached hydrogen (secondary N) is 1. The van der Waals surface area contributed by atoms with E-state index < -0.39 is 0 Å². The molecular formula is C20H24FN2O2+. The van der Waals surface area contributed by atoms with Crippen LogP contribution in [-0.4, -0.2) is 18.2 Å². The van der Waals surface area contributed by atoms with E-state index in [0.29, 0.717) is 11.3 Å². The van der Waals surface area contributed by atoms with Crippen molar-refractivity contribution in [1.29, 1.82) is 0 Å². The number of ketones is 1. The number of carbonyl (C=O) groups is 2. The lowest BCUT2D eigenvalue weighted by Gasteiger charge is -2.19. The molecule has 25 heavy (non-hydrogen) atoms.